The number of aliphatic hydroxyl groups excluding tert-OH is 1. The summed E-state index contributed by atoms with van der Waals surface area (Å²) in [6, 6.07) is 14.5. The number of halogens is 1. The maximum absolute atomic E-state index is 11.7. The first-order chi connectivity index (χ1) is 14.5. The molecule has 3 rings (SSSR count). The first-order valence-electron chi connectivity index (χ1n) is 9.77. The molecule has 0 aliphatic rings. The predicted molar refractivity (Wildman–Crippen MR) is 119 cm³/mol. The van der Waals surface area contributed by atoms with Gasteiger partial charge in [-0.05, 0) is 43.3 Å². The van der Waals surface area contributed by atoms with Gasteiger partial charge in [0.25, 0.3) is 0 Å². The number of carbonyl (C=O) groups excluding carboxylic acids is 1. The molecule has 1 heterocycles. The first kappa shape index (κ1) is 22.3. The van der Waals surface area contributed by atoms with Crippen LogP contribution in [0.15, 0.2) is 53.7 Å². The summed E-state index contributed by atoms with van der Waals surface area (Å²) < 4.78 is 7.63. The van der Waals surface area contributed by atoms with Crippen LogP contribution in [0.1, 0.15) is 30.6 Å². The van der Waals surface area contributed by atoms with E-state index in [1.807, 2.05) is 42.7 Å². The zero-order valence-corrected chi connectivity index (χ0v) is 18.5. The first-order valence-corrected chi connectivity index (χ1v) is 11.1. The van der Waals surface area contributed by atoms with Crippen LogP contribution in [0.3, 0.4) is 0 Å². The number of carbonyl (C=O) groups is 1. The zero-order valence-electron chi connectivity index (χ0n) is 16.9. The molecule has 1 N–H and O–H groups in total. The number of ketones is 1. The van der Waals surface area contributed by atoms with E-state index in [0.717, 1.165) is 16.5 Å². The molecular weight excluding hydrogens is 422 g/mol. The minimum absolute atomic E-state index is 0.0927. The highest BCUT2D eigenvalue weighted by Gasteiger charge is 2.15. The highest BCUT2D eigenvalue weighted by molar-refractivity contribution is 7.99. The number of rotatable bonds is 10. The van der Waals surface area contributed by atoms with E-state index in [-0.39, 0.29) is 12.4 Å². The fourth-order valence-corrected chi connectivity index (χ4v) is 3.97. The lowest BCUT2D eigenvalue weighted by Crippen LogP contribution is -2.20. The van der Waals surface area contributed by atoms with Crippen LogP contribution in [-0.4, -0.2) is 44.1 Å². The predicted octanol–water partition coefficient (Wildman–Crippen LogP) is 4.74. The molecule has 0 saturated carbocycles. The van der Waals surface area contributed by atoms with Crippen LogP contribution in [0.5, 0.6) is 5.75 Å². The van der Waals surface area contributed by atoms with Crippen molar-refractivity contribution in [2.75, 3.05) is 12.4 Å². The van der Waals surface area contributed by atoms with Gasteiger partial charge < -0.3 is 14.4 Å². The Balaban J connectivity index is 1.56. The minimum Gasteiger partial charge on any atom is -0.491 e. The van der Waals surface area contributed by atoms with E-state index >= 15 is 0 Å². The Morgan fingerprint density at radius 2 is 1.97 bits per heavy atom. The molecule has 0 radical (unpaired) electrons. The fourth-order valence-electron chi connectivity index (χ4n) is 2.87. The largest absolute Gasteiger partial charge is 0.491 e. The van der Waals surface area contributed by atoms with E-state index in [1.165, 1.54) is 11.8 Å². The Bertz CT molecular complexity index is 992. The van der Waals surface area contributed by atoms with Crippen LogP contribution >= 0.6 is 23.4 Å². The topological polar surface area (TPSA) is 77.2 Å². The van der Waals surface area contributed by atoms with Crippen molar-refractivity contribution in [2.45, 2.75) is 38.1 Å². The van der Waals surface area contributed by atoms with Crippen LogP contribution in [0.25, 0.3) is 11.4 Å². The number of Topliss-reactive ketones (excluding diaryl/α,β-unsaturated/α-hetero) is 1. The molecule has 1 unspecified atom stereocenters. The lowest BCUT2D eigenvalue weighted by molar-refractivity contribution is 0.0987. The third kappa shape index (κ3) is 5.62. The zero-order chi connectivity index (χ0) is 21.5. The van der Waals surface area contributed by atoms with Crippen molar-refractivity contribution in [3.05, 3.63) is 59.1 Å². The molecule has 158 valence electrons. The number of thioether (sulfide) groups is 1. The summed E-state index contributed by atoms with van der Waals surface area (Å²) in [5.41, 5.74) is 1.56. The smallest absolute Gasteiger partial charge is 0.191 e. The number of nitrogens with zero attached hydrogens (tertiary/aromatic N) is 3. The number of aliphatic hydroxyl groups is 1. The number of benzene rings is 2. The van der Waals surface area contributed by atoms with Crippen molar-refractivity contribution in [3.63, 3.8) is 0 Å². The average molecular weight is 446 g/mol. The maximum Gasteiger partial charge on any atom is 0.191 e. The Kier molecular flexibility index (Phi) is 7.90. The van der Waals surface area contributed by atoms with Gasteiger partial charge in [0.2, 0.25) is 0 Å². The highest BCUT2D eigenvalue weighted by atomic mass is 35.5. The monoisotopic (exact) mass is 445 g/mol. The number of hydrogen-bond acceptors (Lipinski definition) is 6. The van der Waals surface area contributed by atoms with Crippen molar-refractivity contribution < 1.29 is 14.6 Å². The fraction of sp³-hybridized carbons (Fsp3) is 0.318. The van der Waals surface area contributed by atoms with Gasteiger partial charge in [-0.2, -0.15) is 0 Å². The lowest BCUT2D eigenvalue weighted by Gasteiger charge is -2.13. The van der Waals surface area contributed by atoms with Gasteiger partial charge in [-0.15, -0.1) is 10.2 Å². The van der Waals surface area contributed by atoms with Crippen LogP contribution in [0.4, 0.5) is 0 Å². The van der Waals surface area contributed by atoms with Gasteiger partial charge in [-0.3, -0.25) is 4.79 Å². The maximum atomic E-state index is 11.7. The minimum atomic E-state index is -0.677. The molecule has 0 bridgehead atoms. The van der Waals surface area contributed by atoms with Crippen LogP contribution < -0.4 is 4.74 Å². The molecule has 0 aliphatic heterocycles. The van der Waals surface area contributed by atoms with Crippen molar-refractivity contribution in [2.24, 2.45) is 0 Å². The molecule has 0 amide bonds. The second-order valence-electron chi connectivity index (χ2n) is 6.64. The molecule has 1 aromatic heterocycles. The van der Waals surface area contributed by atoms with Crippen LogP contribution in [-0.2, 0) is 6.54 Å². The summed E-state index contributed by atoms with van der Waals surface area (Å²) >= 11 is 7.52. The number of hydrogen-bond donors (Lipinski definition) is 1. The van der Waals surface area contributed by atoms with Crippen molar-refractivity contribution in [3.8, 4) is 17.1 Å². The molecule has 1 atom stereocenters. The van der Waals surface area contributed by atoms with Crippen molar-refractivity contribution in [1.29, 1.82) is 0 Å². The molecule has 0 aliphatic carbocycles. The van der Waals surface area contributed by atoms with E-state index in [2.05, 4.69) is 10.2 Å². The molecule has 0 spiro atoms. The van der Waals surface area contributed by atoms with E-state index < -0.39 is 6.10 Å². The van der Waals surface area contributed by atoms with Gasteiger partial charge >= 0.3 is 0 Å². The quantitative estimate of drug-likeness (QED) is 0.358. The SMILES string of the molecule is CCC(=O)c1ccc(OCC(O)CSc2nnc(-c3cccc(Cl)c3)n2CC)cc1. The molecular formula is C22H24ClN3O3S. The summed E-state index contributed by atoms with van der Waals surface area (Å²) in [5, 5.41) is 20.2. The summed E-state index contributed by atoms with van der Waals surface area (Å²) in [5.74, 6) is 1.87. The van der Waals surface area contributed by atoms with E-state index in [9.17, 15) is 9.90 Å². The molecule has 30 heavy (non-hydrogen) atoms. The van der Waals surface area contributed by atoms with Gasteiger partial charge in [-0.25, -0.2) is 0 Å². The van der Waals surface area contributed by atoms with Gasteiger partial charge in [0, 0.05) is 34.9 Å². The number of aromatic nitrogens is 3. The summed E-state index contributed by atoms with van der Waals surface area (Å²) in [4.78, 5) is 11.7. The third-order valence-corrected chi connectivity index (χ3v) is 5.81. The molecule has 2 aromatic carbocycles. The summed E-state index contributed by atoms with van der Waals surface area (Å²) in [7, 11) is 0. The van der Waals surface area contributed by atoms with E-state index in [1.54, 1.807) is 24.3 Å². The van der Waals surface area contributed by atoms with E-state index in [4.69, 9.17) is 16.3 Å². The normalized spacial score (nSPS) is 12.0. The van der Waals surface area contributed by atoms with Crippen LogP contribution in [0, 0.1) is 0 Å². The Labute approximate surface area is 185 Å². The second-order valence-corrected chi connectivity index (χ2v) is 8.06. The number of ether oxygens (including phenoxy) is 1. The van der Waals surface area contributed by atoms with Crippen molar-refractivity contribution >= 4 is 29.1 Å². The molecule has 6 nitrogen and oxygen atoms in total. The van der Waals surface area contributed by atoms with Crippen molar-refractivity contribution in [1.82, 2.24) is 14.8 Å². The molecule has 3 aromatic rings. The van der Waals surface area contributed by atoms with Gasteiger partial charge in [0.05, 0.1) is 6.10 Å². The third-order valence-electron chi connectivity index (χ3n) is 4.46. The molecule has 8 heteroatoms. The van der Waals surface area contributed by atoms with Crippen LogP contribution in [0.2, 0.25) is 5.02 Å². The second kappa shape index (κ2) is 10.6. The Morgan fingerprint density at radius 3 is 2.63 bits per heavy atom. The Hall–Kier alpha value is -2.35. The van der Waals surface area contributed by atoms with E-state index in [0.29, 0.717) is 35.1 Å². The molecule has 0 saturated heterocycles. The van der Waals surface area contributed by atoms with Gasteiger partial charge in [-0.1, -0.05) is 42.4 Å². The standard InChI is InChI=1S/C22H24ClN3O3S/c1-3-20(28)15-8-10-19(11-9-15)29-13-18(27)14-30-22-25-24-21(26(22)4-2)16-6-5-7-17(23)12-16/h5-12,18,27H,3-4,13-14H2,1-2H3. The lowest BCUT2D eigenvalue weighted by atomic mass is 10.1. The van der Waals surface area contributed by atoms with Gasteiger partial charge in [0.1, 0.15) is 12.4 Å². The highest BCUT2D eigenvalue weighted by Crippen LogP contribution is 2.26. The summed E-state index contributed by atoms with van der Waals surface area (Å²) in [6.07, 6.45) is -0.207. The average Bonchev–Trinajstić information content (AvgIpc) is 3.19. The van der Waals surface area contributed by atoms with Gasteiger partial charge in [0.15, 0.2) is 16.8 Å². The Morgan fingerprint density at radius 1 is 1.20 bits per heavy atom. The molecule has 0 fully saturated rings. The summed E-state index contributed by atoms with van der Waals surface area (Å²) in [6.45, 7) is 4.70.